The Balaban J connectivity index is 0.00000280. The van der Waals surface area contributed by atoms with E-state index in [2.05, 4.69) is 34.3 Å². The lowest BCUT2D eigenvalue weighted by Gasteiger charge is -2.26. The van der Waals surface area contributed by atoms with Crippen molar-refractivity contribution in [1.29, 1.82) is 0 Å². The number of ether oxygens (including phenoxy) is 1. The lowest BCUT2D eigenvalue weighted by atomic mass is 9.96. The molecule has 7 nitrogen and oxygen atoms in total. The summed E-state index contributed by atoms with van der Waals surface area (Å²) in [6.07, 6.45) is 8.99. The van der Waals surface area contributed by atoms with Crippen molar-refractivity contribution < 1.29 is 4.74 Å². The molecule has 0 aromatic carbocycles. The van der Waals surface area contributed by atoms with Crippen molar-refractivity contribution in [1.82, 2.24) is 25.0 Å². The van der Waals surface area contributed by atoms with E-state index in [1.54, 1.807) is 10.9 Å². The summed E-state index contributed by atoms with van der Waals surface area (Å²) in [5, 5.41) is 7.64. The standard InChI is InChI=1S/C20H30N6O.HI/c1-3-21-20(25(2)12-6-17-7-13-27-14-8-17)23-16-18-5-10-22-19(15-18)26-11-4-9-24-26;/h4-5,9-11,15,17H,3,6-8,12-14,16H2,1-2H3,(H,21,23);1H. The molecule has 0 bridgehead atoms. The van der Waals surface area contributed by atoms with Gasteiger partial charge in [0, 0.05) is 51.9 Å². The molecule has 1 fully saturated rings. The van der Waals surface area contributed by atoms with E-state index >= 15 is 0 Å². The number of aromatic nitrogens is 3. The first-order valence-corrected chi connectivity index (χ1v) is 9.78. The lowest BCUT2D eigenvalue weighted by molar-refractivity contribution is 0.0625. The van der Waals surface area contributed by atoms with Gasteiger partial charge in [0.1, 0.15) is 0 Å². The molecule has 8 heteroatoms. The molecule has 0 aliphatic carbocycles. The van der Waals surface area contributed by atoms with Crippen LogP contribution in [0.15, 0.2) is 41.8 Å². The highest BCUT2D eigenvalue weighted by Gasteiger charge is 2.15. The van der Waals surface area contributed by atoms with E-state index in [1.807, 2.05) is 30.6 Å². The highest BCUT2D eigenvalue weighted by Crippen LogP contribution is 2.18. The first-order chi connectivity index (χ1) is 13.3. The zero-order valence-electron chi connectivity index (χ0n) is 16.8. The van der Waals surface area contributed by atoms with E-state index in [0.717, 1.165) is 49.6 Å². The average molecular weight is 498 g/mol. The van der Waals surface area contributed by atoms with Crippen molar-refractivity contribution in [2.75, 3.05) is 33.4 Å². The highest BCUT2D eigenvalue weighted by molar-refractivity contribution is 14.0. The van der Waals surface area contributed by atoms with Crippen LogP contribution >= 0.6 is 24.0 Å². The van der Waals surface area contributed by atoms with Crippen LogP contribution < -0.4 is 5.32 Å². The predicted octanol–water partition coefficient (Wildman–Crippen LogP) is 3.10. The summed E-state index contributed by atoms with van der Waals surface area (Å²) in [7, 11) is 2.11. The molecule has 1 N–H and O–H groups in total. The zero-order valence-corrected chi connectivity index (χ0v) is 19.1. The molecule has 1 saturated heterocycles. The quantitative estimate of drug-likeness (QED) is 0.361. The third-order valence-corrected chi connectivity index (χ3v) is 4.87. The maximum absolute atomic E-state index is 5.46. The van der Waals surface area contributed by atoms with Gasteiger partial charge in [0.25, 0.3) is 0 Å². The molecule has 1 aliphatic rings. The number of hydrogen-bond acceptors (Lipinski definition) is 4. The smallest absolute Gasteiger partial charge is 0.193 e. The lowest BCUT2D eigenvalue weighted by Crippen LogP contribution is -2.40. The predicted molar refractivity (Wildman–Crippen MR) is 122 cm³/mol. The summed E-state index contributed by atoms with van der Waals surface area (Å²) >= 11 is 0. The maximum Gasteiger partial charge on any atom is 0.193 e. The molecule has 2 aromatic rings. The van der Waals surface area contributed by atoms with E-state index < -0.39 is 0 Å². The van der Waals surface area contributed by atoms with Crippen molar-refractivity contribution in [3.8, 4) is 5.82 Å². The van der Waals surface area contributed by atoms with Gasteiger partial charge in [-0.2, -0.15) is 5.10 Å². The number of guanidine groups is 1. The number of rotatable bonds is 7. The van der Waals surface area contributed by atoms with Gasteiger partial charge in [-0.05, 0) is 55.9 Å². The van der Waals surface area contributed by atoms with Gasteiger partial charge in [-0.15, -0.1) is 24.0 Å². The third-order valence-electron chi connectivity index (χ3n) is 4.87. The monoisotopic (exact) mass is 498 g/mol. The second-order valence-electron chi connectivity index (χ2n) is 6.91. The van der Waals surface area contributed by atoms with E-state index in [0.29, 0.717) is 6.54 Å². The molecule has 1 aliphatic heterocycles. The topological polar surface area (TPSA) is 67.6 Å². The van der Waals surface area contributed by atoms with Crippen LogP contribution in [0.25, 0.3) is 5.82 Å². The average Bonchev–Trinajstić information content (AvgIpc) is 3.25. The van der Waals surface area contributed by atoms with Crippen molar-refractivity contribution in [2.24, 2.45) is 10.9 Å². The fraction of sp³-hybridized carbons (Fsp3) is 0.550. The van der Waals surface area contributed by atoms with E-state index in [-0.39, 0.29) is 24.0 Å². The molecule has 2 aromatic heterocycles. The Hall–Kier alpha value is -1.68. The molecular formula is C20H31IN6O. The second kappa shape index (κ2) is 12.0. The van der Waals surface area contributed by atoms with E-state index in [1.165, 1.54) is 19.3 Å². The van der Waals surface area contributed by atoms with Crippen LogP contribution in [0.5, 0.6) is 0 Å². The molecular weight excluding hydrogens is 467 g/mol. The fourth-order valence-corrected chi connectivity index (χ4v) is 3.24. The number of nitrogens with one attached hydrogen (secondary N) is 1. The number of pyridine rings is 1. The summed E-state index contributed by atoms with van der Waals surface area (Å²) in [6.45, 7) is 6.39. The molecule has 0 spiro atoms. The van der Waals surface area contributed by atoms with Gasteiger partial charge < -0.3 is 15.0 Å². The Morgan fingerprint density at radius 1 is 1.36 bits per heavy atom. The van der Waals surface area contributed by atoms with Crippen molar-refractivity contribution in [3.05, 3.63) is 42.4 Å². The van der Waals surface area contributed by atoms with Crippen LogP contribution in [0.1, 0.15) is 31.7 Å². The Kier molecular flexibility index (Phi) is 9.69. The van der Waals surface area contributed by atoms with Crippen LogP contribution in [0.3, 0.4) is 0 Å². The maximum atomic E-state index is 5.46. The largest absolute Gasteiger partial charge is 0.381 e. The van der Waals surface area contributed by atoms with Crippen molar-refractivity contribution in [3.63, 3.8) is 0 Å². The first-order valence-electron chi connectivity index (χ1n) is 9.78. The van der Waals surface area contributed by atoms with Crippen LogP contribution in [0.4, 0.5) is 0 Å². The minimum Gasteiger partial charge on any atom is -0.381 e. The summed E-state index contributed by atoms with van der Waals surface area (Å²) in [5.74, 6) is 2.52. The van der Waals surface area contributed by atoms with Gasteiger partial charge in [-0.25, -0.2) is 14.7 Å². The molecule has 3 heterocycles. The molecule has 28 heavy (non-hydrogen) atoms. The van der Waals surface area contributed by atoms with Crippen LogP contribution in [-0.4, -0.2) is 59.0 Å². The van der Waals surface area contributed by atoms with E-state index in [4.69, 9.17) is 9.73 Å². The molecule has 0 atom stereocenters. The molecule has 0 saturated carbocycles. The van der Waals surface area contributed by atoms with Crippen molar-refractivity contribution >= 4 is 29.9 Å². The Bertz CT molecular complexity index is 715. The number of nitrogens with zero attached hydrogens (tertiary/aromatic N) is 5. The van der Waals surface area contributed by atoms with Crippen LogP contribution in [0, 0.1) is 5.92 Å². The normalized spacial score (nSPS) is 15.1. The molecule has 0 amide bonds. The zero-order chi connectivity index (χ0) is 18.9. The summed E-state index contributed by atoms with van der Waals surface area (Å²) in [6, 6.07) is 5.92. The van der Waals surface area contributed by atoms with Gasteiger partial charge >= 0.3 is 0 Å². The van der Waals surface area contributed by atoms with E-state index in [9.17, 15) is 0 Å². The Labute approximate surface area is 184 Å². The van der Waals surface area contributed by atoms with Gasteiger partial charge in [0.15, 0.2) is 11.8 Å². The second-order valence-corrected chi connectivity index (χ2v) is 6.91. The summed E-state index contributed by atoms with van der Waals surface area (Å²) in [4.78, 5) is 11.4. The van der Waals surface area contributed by atoms with Gasteiger partial charge in [-0.1, -0.05) is 0 Å². The minimum absolute atomic E-state index is 0. The SMILES string of the molecule is CCNC(=NCc1ccnc(-n2cccn2)c1)N(C)CCC1CCOCC1.I. The molecule has 3 rings (SSSR count). The van der Waals surface area contributed by atoms with Gasteiger partial charge in [0.05, 0.1) is 6.54 Å². The summed E-state index contributed by atoms with van der Waals surface area (Å²) < 4.78 is 7.22. The molecule has 0 unspecified atom stereocenters. The van der Waals surface area contributed by atoms with Crippen LogP contribution in [-0.2, 0) is 11.3 Å². The Morgan fingerprint density at radius 3 is 2.89 bits per heavy atom. The minimum atomic E-state index is 0. The fourth-order valence-electron chi connectivity index (χ4n) is 3.24. The highest BCUT2D eigenvalue weighted by atomic mass is 127. The molecule has 154 valence electrons. The Morgan fingerprint density at radius 2 is 2.18 bits per heavy atom. The number of halogens is 1. The third kappa shape index (κ3) is 6.73. The van der Waals surface area contributed by atoms with Crippen LogP contribution in [0.2, 0.25) is 0 Å². The number of hydrogen-bond donors (Lipinski definition) is 1. The summed E-state index contributed by atoms with van der Waals surface area (Å²) in [5.41, 5.74) is 1.11. The van der Waals surface area contributed by atoms with Gasteiger partial charge in [-0.3, -0.25) is 0 Å². The number of aliphatic imine (C=N–C) groups is 1. The van der Waals surface area contributed by atoms with Crippen molar-refractivity contribution in [2.45, 2.75) is 32.7 Å². The molecule has 0 radical (unpaired) electrons. The first kappa shape index (κ1) is 22.6. The van der Waals surface area contributed by atoms with Gasteiger partial charge in [0.2, 0.25) is 0 Å².